The van der Waals surface area contributed by atoms with Crippen LogP contribution in [0.25, 0.3) is 0 Å². The molecule has 1 aromatic rings. The van der Waals surface area contributed by atoms with Gasteiger partial charge in [-0.2, -0.15) is 0 Å². The van der Waals surface area contributed by atoms with Crippen molar-refractivity contribution < 1.29 is 0 Å². The highest BCUT2D eigenvalue weighted by Gasteiger charge is 2.26. The average Bonchev–Trinajstić information content (AvgIpc) is 3.11. The molecule has 1 aliphatic rings. The summed E-state index contributed by atoms with van der Waals surface area (Å²) in [5.41, 5.74) is 2.55. The molecule has 3 heteroatoms. The van der Waals surface area contributed by atoms with Gasteiger partial charge in [0.1, 0.15) is 5.82 Å². The van der Waals surface area contributed by atoms with Gasteiger partial charge in [-0.3, -0.25) is 0 Å². The summed E-state index contributed by atoms with van der Waals surface area (Å²) in [6, 6.07) is 2.77. The van der Waals surface area contributed by atoms with Crippen molar-refractivity contribution in [3.05, 3.63) is 23.4 Å². The molecule has 1 fully saturated rings. The van der Waals surface area contributed by atoms with Crippen LogP contribution in [0.1, 0.15) is 37.8 Å². The Balaban J connectivity index is 2.17. The molecule has 1 N–H and O–H groups in total. The van der Waals surface area contributed by atoms with Gasteiger partial charge in [-0.05, 0) is 63.8 Å². The minimum absolute atomic E-state index is 0.520. The SMILES string of the molecule is CNCc1cnc(N(CC2CC2)C(C)C)c(C)c1. The third-order valence-corrected chi connectivity index (χ3v) is 3.54. The van der Waals surface area contributed by atoms with Crippen LogP contribution in [0, 0.1) is 12.8 Å². The first-order chi connectivity index (χ1) is 8.61. The molecule has 2 rings (SSSR count). The van der Waals surface area contributed by atoms with Gasteiger partial charge in [-0.1, -0.05) is 0 Å². The highest BCUT2D eigenvalue weighted by Crippen LogP contribution is 2.32. The van der Waals surface area contributed by atoms with E-state index >= 15 is 0 Å². The zero-order chi connectivity index (χ0) is 13.1. The van der Waals surface area contributed by atoms with E-state index in [9.17, 15) is 0 Å². The number of hydrogen-bond acceptors (Lipinski definition) is 3. The van der Waals surface area contributed by atoms with Gasteiger partial charge in [-0.15, -0.1) is 0 Å². The highest BCUT2D eigenvalue weighted by molar-refractivity contribution is 5.48. The molecule has 0 unspecified atom stereocenters. The Morgan fingerprint density at radius 1 is 1.44 bits per heavy atom. The minimum Gasteiger partial charge on any atom is -0.354 e. The van der Waals surface area contributed by atoms with E-state index in [1.807, 2.05) is 13.2 Å². The number of pyridine rings is 1. The van der Waals surface area contributed by atoms with Crippen LogP contribution >= 0.6 is 0 Å². The van der Waals surface area contributed by atoms with Crippen LogP contribution in [0.3, 0.4) is 0 Å². The van der Waals surface area contributed by atoms with Crippen LogP contribution in [-0.2, 0) is 6.54 Å². The van der Waals surface area contributed by atoms with Crippen molar-refractivity contribution in [3.8, 4) is 0 Å². The molecule has 18 heavy (non-hydrogen) atoms. The summed E-state index contributed by atoms with van der Waals surface area (Å²) in [5.74, 6) is 2.06. The maximum Gasteiger partial charge on any atom is 0.131 e. The second kappa shape index (κ2) is 5.70. The molecule has 0 saturated heterocycles. The topological polar surface area (TPSA) is 28.2 Å². The molecule has 0 amide bonds. The molecule has 3 nitrogen and oxygen atoms in total. The van der Waals surface area contributed by atoms with Crippen molar-refractivity contribution >= 4 is 5.82 Å². The van der Waals surface area contributed by atoms with Crippen molar-refractivity contribution in [2.75, 3.05) is 18.5 Å². The van der Waals surface area contributed by atoms with Gasteiger partial charge in [0.05, 0.1) is 0 Å². The van der Waals surface area contributed by atoms with E-state index in [0.717, 1.165) is 24.8 Å². The van der Waals surface area contributed by atoms with Gasteiger partial charge < -0.3 is 10.2 Å². The number of aryl methyl sites for hydroxylation is 1. The molecule has 1 aromatic heterocycles. The summed E-state index contributed by atoms with van der Waals surface area (Å²) in [5, 5.41) is 3.17. The second-order valence-corrected chi connectivity index (χ2v) is 5.70. The molecule has 100 valence electrons. The first-order valence-electron chi connectivity index (χ1n) is 6.98. The van der Waals surface area contributed by atoms with E-state index in [1.165, 1.54) is 24.0 Å². The fourth-order valence-corrected chi connectivity index (χ4v) is 2.35. The summed E-state index contributed by atoms with van der Waals surface area (Å²) in [6.07, 6.45) is 4.78. The van der Waals surface area contributed by atoms with Gasteiger partial charge in [0, 0.05) is 25.3 Å². The first kappa shape index (κ1) is 13.3. The molecule has 0 aromatic carbocycles. The van der Waals surface area contributed by atoms with Crippen molar-refractivity contribution in [1.29, 1.82) is 0 Å². The predicted octanol–water partition coefficient (Wildman–Crippen LogP) is 2.73. The Kier molecular flexibility index (Phi) is 4.23. The molecule has 1 saturated carbocycles. The van der Waals surface area contributed by atoms with E-state index in [-0.39, 0.29) is 0 Å². The highest BCUT2D eigenvalue weighted by atomic mass is 15.2. The monoisotopic (exact) mass is 247 g/mol. The van der Waals surface area contributed by atoms with Crippen LogP contribution < -0.4 is 10.2 Å². The fraction of sp³-hybridized carbons (Fsp3) is 0.667. The third-order valence-electron chi connectivity index (χ3n) is 3.54. The Morgan fingerprint density at radius 3 is 2.67 bits per heavy atom. The summed E-state index contributed by atoms with van der Waals surface area (Å²) in [7, 11) is 1.97. The smallest absolute Gasteiger partial charge is 0.131 e. The molecule has 1 aliphatic carbocycles. The lowest BCUT2D eigenvalue weighted by atomic mass is 10.1. The van der Waals surface area contributed by atoms with E-state index in [4.69, 9.17) is 0 Å². The van der Waals surface area contributed by atoms with Crippen molar-refractivity contribution in [2.45, 2.75) is 46.2 Å². The number of aromatic nitrogens is 1. The molecule has 1 heterocycles. The molecule has 0 spiro atoms. The fourth-order valence-electron chi connectivity index (χ4n) is 2.35. The number of nitrogens with one attached hydrogen (secondary N) is 1. The molecule has 0 atom stereocenters. The Bertz CT molecular complexity index is 397. The Morgan fingerprint density at radius 2 is 2.17 bits per heavy atom. The lowest BCUT2D eigenvalue weighted by Gasteiger charge is -2.29. The molecular weight excluding hydrogens is 222 g/mol. The summed E-state index contributed by atoms with van der Waals surface area (Å²) in [4.78, 5) is 7.14. The van der Waals surface area contributed by atoms with Crippen LogP contribution in [0.5, 0.6) is 0 Å². The van der Waals surface area contributed by atoms with Gasteiger partial charge in [0.2, 0.25) is 0 Å². The second-order valence-electron chi connectivity index (χ2n) is 5.70. The summed E-state index contributed by atoms with van der Waals surface area (Å²) in [6.45, 7) is 8.73. The number of rotatable bonds is 6. The normalized spacial score (nSPS) is 15.2. The molecule has 0 radical (unpaired) electrons. The van der Waals surface area contributed by atoms with E-state index in [1.54, 1.807) is 0 Å². The van der Waals surface area contributed by atoms with E-state index in [0.29, 0.717) is 6.04 Å². The first-order valence-corrected chi connectivity index (χ1v) is 6.98. The lowest BCUT2D eigenvalue weighted by molar-refractivity contribution is 0.634. The number of anilines is 1. The molecule has 0 aliphatic heterocycles. The maximum absolute atomic E-state index is 4.69. The Hall–Kier alpha value is -1.09. The molecule has 0 bridgehead atoms. The largest absolute Gasteiger partial charge is 0.354 e. The lowest BCUT2D eigenvalue weighted by Crippen LogP contribution is -2.34. The van der Waals surface area contributed by atoms with Crippen molar-refractivity contribution in [2.24, 2.45) is 5.92 Å². The van der Waals surface area contributed by atoms with Crippen LogP contribution in [0.15, 0.2) is 12.3 Å². The Labute approximate surface area is 111 Å². The number of nitrogens with zero attached hydrogens (tertiary/aromatic N) is 2. The zero-order valence-corrected chi connectivity index (χ0v) is 12.0. The van der Waals surface area contributed by atoms with E-state index in [2.05, 4.69) is 42.0 Å². The van der Waals surface area contributed by atoms with Gasteiger partial charge >= 0.3 is 0 Å². The quantitative estimate of drug-likeness (QED) is 0.838. The minimum atomic E-state index is 0.520. The van der Waals surface area contributed by atoms with Crippen LogP contribution in [0.2, 0.25) is 0 Å². The van der Waals surface area contributed by atoms with Crippen LogP contribution in [-0.4, -0.2) is 24.6 Å². The zero-order valence-electron chi connectivity index (χ0n) is 12.0. The third kappa shape index (κ3) is 3.22. The van der Waals surface area contributed by atoms with Crippen molar-refractivity contribution in [3.63, 3.8) is 0 Å². The number of hydrogen-bond donors (Lipinski definition) is 1. The van der Waals surface area contributed by atoms with Gasteiger partial charge in [0.15, 0.2) is 0 Å². The predicted molar refractivity (Wildman–Crippen MR) is 76.9 cm³/mol. The van der Waals surface area contributed by atoms with Gasteiger partial charge in [0.25, 0.3) is 0 Å². The van der Waals surface area contributed by atoms with E-state index < -0.39 is 0 Å². The van der Waals surface area contributed by atoms with Crippen LogP contribution in [0.4, 0.5) is 5.82 Å². The summed E-state index contributed by atoms with van der Waals surface area (Å²) >= 11 is 0. The maximum atomic E-state index is 4.69. The standard InChI is InChI=1S/C15H25N3/c1-11(2)18(10-13-5-6-13)15-12(3)7-14(8-16-4)9-17-15/h7,9,11,13,16H,5-6,8,10H2,1-4H3. The van der Waals surface area contributed by atoms with Crippen molar-refractivity contribution in [1.82, 2.24) is 10.3 Å². The average molecular weight is 247 g/mol. The summed E-state index contributed by atoms with van der Waals surface area (Å²) < 4.78 is 0. The molecular formula is C15H25N3. The van der Waals surface area contributed by atoms with Gasteiger partial charge in [-0.25, -0.2) is 4.98 Å².